The summed E-state index contributed by atoms with van der Waals surface area (Å²) in [6, 6.07) is 0. The summed E-state index contributed by atoms with van der Waals surface area (Å²) < 4.78 is 30.2. The van der Waals surface area contributed by atoms with Gasteiger partial charge in [0.15, 0.2) is 0 Å². The zero-order valence-electron chi connectivity index (χ0n) is 7.22. The van der Waals surface area contributed by atoms with E-state index in [9.17, 15) is 8.78 Å². The Morgan fingerprint density at radius 3 is 2.67 bits per heavy atom. The summed E-state index contributed by atoms with van der Waals surface area (Å²) >= 11 is 0. The van der Waals surface area contributed by atoms with Gasteiger partial charge >= 0.3 is 0 Å². The van der Waals surface area contributed by atoms with Crippen molar-refractivity contribution >= 4 is 0 Å². The monoisotopic (exact) mass is 179 g/mol. The molecule has 2 atom stereocenters. The fourth-order valence-corrected chi connectivity index (χ4v) is 1.58. The van der Waals surface area contributed by atoms with E-state index in [4.69, 9.17) is 10.5 Å². The standard InChI is InChI=1S/C8H15F2NO/c1-2-8(11,7(9)10)6-3-4-12-5-6/h6-7H,2-5,11H2,1H3. The zero-order chi connectivity index (χ0) is 9.19. The second-order valence-corrected chi connectivity index (χ2v) is 3.33. The summed E-state index contributed by atoms with van der Waals surface area (Å²) in [7, 11) is 0. The molecule has 2 nitrogen and oxygen atoms in total. The van der Waals surface area contributed by atoms with Crippen molar-refractivity contribution in [1.29, 1.82) is 0 Å². The molecule has 1 fully saturated rings. The summed E-state index contributed by atoms with van der Waals surface area (Å²) in [6.45, 7) is 2.65. The molecule has 72 valence electrons. The molecule has 12 heavy (non-hydrogen) atoms. The summed E-state index contributed by atoms with van der Waals surface area (Å²) in [4.78, 5) is 0. The van der Waals surface area contributed by atoms with Crippen molar-refractivity contribution in [3.8, 4) is 0 Å². The second-order valence-electron chi connectivity index (χ2n) is 3.33. The largest absolute Gasteiger partial charge is 0.381 e. The Morgan fingerprint density at radius 2 is 2.33 bits per heavy atom. The van der Waals surface area contributed by atoms with Crippen LogP contribution in [0.3, 0.4) is 0 Å². The minimum atomic E-state index is -2.45. The quantitative estimate of drug-likeness (QED) is 0.710. The van der Waals surface area contributed by atoms with Crippen LogP contribution in [0.4, 0.5) is 8.78 Å². The predicted octanol–water partition coefficient (Wildman–Crippen LogP) is 1.40. The van der Waals surface area contributed by atoms with Crippen LogP contribution in [0.2, 0.25) is 0 Å². The molecule has 0 aromatic carbocycles. The minimum Gasteiger partial charge on any atom is -0.381 e. The van der Waals surface area contributed by atoms with E-state index in [-0.39, 0.29) is 5.92 Å². The summed E-state index contributed by atoms with van der Waals surface area (Å²) in [5.41, 5.74) is 4.28. The van der Waals surface area contributed by atoms with E-state index in [0.717, 1.165) is 0 Å². The molecule has 1 aliphatic rings. The Hall–Kier alpha value is -0.220. The highest BCUT2D eigenvalue weighted by atomic mass is 19.3. The van der Waals surface area contributed by atoms with Crippen LogP contribution in [0.1, 0.15) is 19.8 Å². The van der Waals surface area contributed by atoms with Gasteiger partial charge in [-0.3, -0.25) is 0 Å². The van der Waals surface area contributed by atoms with Crippen LogP contribution in [0, 0.1) is 5.92 Å². The van der Waals surface area contributed by atoms with Gasteiger partial charge in [0.05, 0.1) is 12.1 Å². The lowest BCUT2D eigenvalue weighted by Gasteiger charge is -2.32. The van der Waals surface area contributed by atoms with Gasteiger partial charge < -0.3 is 10.5 Å². The molecule has 0 bridgehead atoms. The van der Waals surface area contributed by atoms with Crippen LogP contribution >= 0.6 is 0 Å². The molecule has 2 unspecified atom stereocenters. The van der Waals surface area contributed by atoms with Gasteiger partial charge in [0.25, 0.3) is 6.43 Å². The van der Waals surface area contributed by atoms with E-state index in [1.54, 1.807) is 6.92 Å². The van der Waals surface area contributed by atoms with Crippen molar-refractivity contribution in [1.82, 2.24) is 0 Å². The molecule has 1 heterocycles. The Bertz CT molecular complexity index is 148. The van der Waals surface area contributed by atoms with Crippen molar-refractivity contribution in [2.45, 2.75) is 31.7 Å². The predicted molar refractivity (Wildman–Crippen MR) is 42.1 cm³/mol. The number of ether oxygens (including phenoxy) is 1. The smallest absolute Gasteiger partial charge is 0.256 e. The molecule has 0 aliphatic carbocycles. The van der Waals surface area contributed by atoms with E-state index in [1.807, 2.05) is 0 Å². The first kappa shape index (κ1) is 9.86. The SMILES string of the molecule is CCC(N)(C(F)F)C1CCOC1. The number of rotatable bonds is 3. The van der Waals surface area contributed by atoms with Gasteiger partial charge in [0, 0.05) is 12.5 Å². The maximum Gasteiger partial charge on any atom is 0.256 e. The highest BCUT2D eigenvalue weighted by molar-refractivity contribution is 4.94. The van der Waals surface area contributed by atoms with Crippen molar-refractivity contribution in [3.05, 3.63) is 0 Å². The minimum absolute atomic E-state index is 0.178. The molecular weight excluding hydrogens is 164 g/mol. The topological polar surface area (TPSA) is 35.2 Å². The molecule has 2 N–H and O–H groups in total. The first-order valence-corrected chi connectivity index (χ1v) is 4.26. The lowest BCUT2D eigenvalue weighted by Crippen LogP contribution is -2.53. The lowest BCUT2D eigenvalue weighted by molar-refractivity contribution is 0.0113. The number of halogens is 2. The van der Waals surface area contributed by atoms with Crippen molar-refractivity contribution in [2.24, 2.45) is 11.7 Å². The molecule has 1 aliphatic heterocycles. The molecule has 0 aromatic heterocycles. The van der Waals surface area contributed by atoms with E-state index < -0.39 is 12.0 Å². The van der Waals surface area contributed by atoms with Crippen LogP contribution in [-0.4, -0.2) is 25.2 Å². The fourth-order valence-electron chi connectivity index (χ4n) is 1.58. The Kier molecular flexibility index (Phi) is 3.01. The molecule has 0 radical (unpaired) electrons. The van der Waals surface area contributed by atoms with E-state index >= 15 is 0 Å². The number of hydrogen-bond donors (Lipinski definition) is 1. The average molecular weight is 179 g/mol. The van der Waals surface area contributed by atoms with E-state index in [0.29, 0.717) is 26.1 Å². The number of hydrogen-bond acceptors (Lipinski definition) is 2. The van der Waals surface area contributed by atoms with E-state index in [1.165, 1.54) is 0 Å². The molecule has 0 amide bonds. The highest BCUT2D eigenvalue weighted by Crippen LogP contribution is 2.31. The normalized spacial score (nSPS) is 29.2. The van der Waals surface area contributed by atoms with Crippen LogP contribution in [-0.2, 0) is 4.74 Å². The van der Waals surface area contributed by atoms with Gasteiger partial charge in [0.1, 0.15) is 0 Å². The number of alkyl halides is 2. The molecule has 1 saturated heterocycles. The van der Waals surface area contributed by atoms with Crippen molar-refractivity contribution < 1.29 is 13.5 Å². The van der Waals surface area contributed by atoms with Crippen LogP contribution < -0.4 is 5.73 Å². The summed E-state index contributed by atoms with van der Waals surface area (Å²) in [5, 5.41) is 0. The maximum absolute atomic E-state index is 12.6. The summed E-state index contributed by atoms with van der Waals surface area (Å²) in [6.07, 6.45) is -1.48. The maximum atomic E-state index is 12.6. The Morgan fingerprint density at radius 1 is 1.67 bits per heavy atom. The second kappa shape index (κ2) is 3.66. The third kappa shape index (κ3) is 1.59. The van der Waals surface area contributed by atoms with Crippen LogP contribution in [0.15, 0.2) is 0 Å². The van der Waals surface area contributed by atoms with Crippen molar-refractivity contribution in [3.63, 3.8) is 0 Å². The first-order chi connectivity index (χ1) is 5.61. The molecule has 0 spiro atoms. The molecule has 0 saturated carbocycles. The zero-order valence-corrected chi connectivity index (χ0v) is 7.22. The molecular formula is C8H15F2NO. The van der Waals surface area contributed by atoms with Gasteiger partial charge in [-0.25, -0.2) is 8.78 Å². The molecule has 4 heteroatoms. The average Bonchev–Trinajstić information content (AvgIpc) is 2.54. The fraction of sp³-hybridized carbons (Fsp3) is 1.00. The highest BCUT2D eigenvalue weighted by Gasteiger charge is 2.43. The van der Waals surface area contributed by atoms with Gasteiger partial charge in [-0.15, -0.1) is 0 Å². The first-order valence-electron chi connectivity index (χ1n) is 4.26. The summed E-state index contributed by atoms with van der Waals surface area (Å²) in [5.74, 6) is -0.178. The molecule has 0 aromatic rings. The van der Waals surface area contributed by atoms with Crippen molar-refractivity contribution in [2.75, 3.05) is 13.2 Å². The molecule has 1 rings (SSSR count). The third-order valence-electron chi connectivity index (χ3n) is 2.71. The van der Waals surface area contributed by atoms with E-state index in [2.05, 4.69) is 0 Å². The van der Waals surface area contributed by atoms with Crippen LogP contribution in [0.5, 0.6) is 0 Å². The number of nitrogens with two attached hydrogens (primary N) is 1. The van der Waals surface area contributed by atoms with Gasteiger partial charge in [-0.2, -0.15) is 0 Å². The lowest BCUT2D eigenvalue weighted by atomic mass is 9.82. The van der Waals surface area contributed by atoms with Gasteiger partial charge in [-0.1, -0.05) is 6.92 Å². The van der Waals surface area contributed by atoms with Crippen LogP contribution in [0.25, 0.3) is 0 Å². The van der Waals surface area contributed by atoms with Gasteiger partial charge in [-0.05, 0) is 12.8 Å². The Labute approximate surface area is 71.1 Å². The van der Waals surface area contributed by atoms with Gasteiger partial charge in [0.2, 0.25) is 0 Å². The third-order valence-corrected chi connectivity index (χ3v) is 2.71. The Balaban J connectivity index is 2.64.